The lowest BCUT2D eigenvalue weighted by Gasteiger charge is -2.39. The molecule has 2 heterocycles. The summed E-state index contributed by atoms with van der Waals surface area (Å²) in [6.07, 6.45) is 9.66. The Hall–Kier alpha value is -3.12. The standard InChI is InChI=1S/C28H30BCl2N7/c1-27(9-4-10-27)16-34-25-17(13-32)14-33-26-20(25)11-18(12-23(26)31)35-28(29,21-5-2-3-6-22(21)30)24-15-38(37-36-24)19-7-8-19/h2-3,5-6,11-12,14-15,19,35-37H,4,7-10,16,29H2,1H3,(H,33,34). The van der Waals surface area contributed by atoms with Crippen LogP contribution in [0.1, 0.15) is 50.2 Å². The van der Waals surface area contributed by atoms with Gasteiger partial charge in [-0.15, -0.1) is 5.53 Å². The third kappa shape index (κ3) is 4.53. The molecule has 2 aliphatic carbocycles. The molecule has 0 saturated heterocycles. The summed E-state index contributed by atoms with van der Waals surface area (Å²) in [5.41, 5.74) is 10.8. The highest BCUT2D eigenvalue weighted by molar-refractivity contribution is 6.36. The van der Waals surface area contributed by atoms with Crippen LogP contribution in [0.15, 0.2) is 54.5 Å². The topological polar surface area (TPSA) is 88.0 Å². The van der Waals surface area contributed by atoms with Crippen molar-refractivity contribution in [2.45, 2.75) is 50.5 Å². The maximum Gasteiger partial charge on any atom is 0.148 e. The van der Waals surface area contributed by atoms with Gasteiger partial charge in [-0.3, -0.25) is 9.99 Å². The van der Waals surface area contributed by atoms with Gasteiger partial charge < -0.3 is 16.1 Å². The molecule has 0 bridgehead atoms. The summed E-state index contributed by atoms with van der Waals surface area (Å²) in [4.78, 5) is 4.53. The van der Waals surface area contributed by atoms with Crippen LogP contribution in [0.4, 0.5) is 11.4 Å². The first kappa shape index (κ1) is 25.2. The number of hydrogen-bond donors (Lipinski definition) is 4. The van der Waals surface area contributed by atoms with Gasteiger partial charge in [-0.05, 0) is 54.9 Å². The fourth-order valence-electron chi connectivity index (χ4n) is 5.43. The Morgan fingerprint density at radius 1 is 1.24 bits per heavy atom. The Labute approximate surface area is 233 Å². The van der Waals surface area contributed by atoms with Crippen LogP contribution in [0.25, 0.3) is 10.9 Å². The molecule has 1 atom stereocenters. The first-order chi connectivity index (χ1) is 18.3. The number of fused-ring (bicyclic) bond motifs is 1. The number of hydrogen-bond acceptors (Lipinski definition) is 7. The van der Waals surface area contributed by atoms with Crippen molar-refractivity contribution in [1.29, 1.82) is 5.26 Å². The monoisotopic (exact) mass is 545 g/mol. The molecule has 3 aromatic rings. The van der Waals surface area contributed by atoms with E-state index in [4.69, 9.17) is 23.2 Å². The number of nitriles is 1. The van der Waals surface area contributed by atoms with Crippen molar-refractivity contribution in [3.8, 4) is 6.07 Å². The number of hydrazine groups is 2. The lowest BCUT2D eigenvalue weighted by Crippen LogP contribution is -2.45. The second-order valence-electron chi connectivity index (χ2n) is 11.2. The molecule has 7 nitrogen and oxygen atoms in total. The van der Waals surface area contributed by atoms with E-state index in [1.54, 1.807) is 6.20 Å². The summed E-state index contributed by atoms with van der Waals surface area (Å²) in [6, 6.07) is 14.6. The van der Waals surface area contributed by atoms with Gasteiger partial charge in [-0.25, -0.2) is 0 Å². The highest BCUT2D eigenvalue weighted by atomic mass is 35.5. The summed E-state index contributed by atoms with van der Waals surface area (Å²) in [7, 11) is 2.10. The normalized spacial score (nSPS) is 19.6. The van der Waals surface area contributed by atoms with E-state index in [0.29, 0.717) is 27.2 Å². The van der Waals surface area contributed by atoms with E-state index in [1.807, 2.05) is 36.4 Å². The maximum absolute atomic E-state index is 9.88. The molecule has 38 heavy (non-hydrogen) atoms. The predicted molar refractivity (Wildman–Crippen MR) is 156 cm³/mol. The number of benzene rings is 2. The average Bonchev–Trinajstić information content (AvgIpc) is 3.61. The number of rotatable bonds is 8. The molecule has 2 aromatic carbocycles. The summed E-state index contributed by atoms with van der Waals surface area (Å²) in [5, 5.41) is 21.3. The van der Waals surface area contributed by atoms with Crippen LogP contribution in [0.5, 0.6) is 0 Å². The van der Waals surface area contributed by atoms with E-state index in [-0.39, 0.29) is 5.41 Å². The van der Waals surface area contributed by atoms with E-state index < -0.39 is 5.44 Å². The van der Waals surface area contributed by atoms with Gasteiger partial charge in [0.2, 0.25) is 0 Å². The first-order valence-corrected chi connectivity index (χ1v) is 13.9. The van der Waals surface area contributed by atoms with E-state index in [1.165, 1.54) is 19.3 Å². The molecule has 2 fully saturated rings. The fourth-order valence-corrected chi connectivity index (χ4v) is 6.03. The van der Waals surface area contributed by atoms with Gasteiger partial charge in [0, 0.05) is 41.1 Å². The molecule has 2 saturated carbocycles. The van der Waals surface area contributed by atoms with E-state index >= 15 is 0 Å². The molecule has 1 unspecified atom stereocenters. The molecule has 0 amide bonds. The first-order valence-electron chi connectivity index (χ1n) is 13.1. The molecular weight excluding hydrogens is 516 g/mol. The van der Waals surface area contributed by atoms with Crippen LogP contribution in [0, 0.1) is 16.7 Å². The average molecular weight is 546 g/mol. The summed E-state index contributed by atoms with van der Waals surface area (Å²) in [6.45, 7) is 3.09. The maximum atomic E-state index is 9.88. The number of halogens is 2. The lowest BCUT2D eigenvalue weighted by atomic mass is 9.69. The van der Waals surface area contributed by atoms with Crippen LogP contribution in [-0.4, -0.2) is 30.4 Å². The second-order valence-corrected chi connectivity index (χ2v) is 12.0. The minimum Gasteiger partial charge on any atom is -0.383 e. The smallest absolute Gasteiger partial charge is 0.148 e. The molecule has 0 radical (unpaired) electrons. The lowest BCUT2D eigenvalue weighted by molar-refractivity contribution is 0.180. The Kier molecular flexibility index (Phi) is 6.34. The Balaban J connectivity index is 1.43. The quantitative estimate of drug-likeness (QED) is 0.288. The van der Waals surface area contributed by atoms with Gasteiger partial charge in [0.05, 0.1) is 32.9 Å². The largest absolute Gasteiger partial charge is 0.383 e. The van der Waals surface area contributed by atoms with Crippen molar-refractivity contribution in [3.05, 3.63) is 75.7 Å². The molecular formula is C28H30BCl2N7. The van der Waals surface area contributed by atoms with E-state index in [0.717, 1.165) is 47.4 Å². The number of anilines is 2. The Morgan fingerprint density at radius 2 is 2.03 bits per heavy atom. The SMILES string of the molecule is BC(Nc1cc(Cl)c2ncc(C#N)c(NCC3(C)CCC3)c2c1)(C1=CN(C2CC2)NN1)c1ccccc1Cl. The van der Waals surface area contributed by atoms with Crippen molar-refractivity contribution in [2.75, 3.05) is 17.2 Å². The van der Waals surface area contributed by atoms with Crippen molar-refractivity contribution in [2.24, 2.45) is 5.41 Å². The third-order valence-electron chi connectivity index (χ3n) is 8.17. The Morgan fingerprint density at radius 3 is 2.71 bits per heavy atom. The van der Waals surface area contributed by atoms with Crippen molar-refractivity contribution < 1.29 is 0 Å². The molecule has 4 N–H and O–H groups in total. The summed E-state index contributed by atoms with van der Waals surface area (Å²) >= 11 is 13.6. The zero-order chi connectivity index (χ0) is 26.5. The number of pyridine rings is 1. The molecule has 1 aromatic heterocycles. The minimum atomic E-state index is -0.709. The zero-order valence-electron chi connectivity index (χ0n) is 21.5. The van der Waals surface area contributed by atoms with Gasteiger partial charge in [0.1, 0.15) is 13.9 Å². The highest BCUT2D eigenvalue weighted by Crippen LogP contribution is 2.42. The number of nitrogens with zero attached hydrogens (tertiary/aromatic N) is 3. The number of nitrogens with one attached hydrogen (secondary N) is 4. The molecule has 3 aliphatic rings. The number of aromatic nitrogens is 1. The second kappa shape index (κ2) is 9.57. The molecule has 10 heteroatoms. The zero-order valence-corrected chi connectivity index (χ0v) is 23.0. The van der Waals surface area contributed by atoms with Crippen molar-refractivity contribution >= 4 is 53.3 Å². The molecule has 0 spiro atoms. The molecule has 1 aliphatic heterocycles. The highest BCUT2D eigenvalue weighted by Gasteiger charge is 2.39. The van der Waals surface area contributed by atoms with Gasteiger partial charge in [-0.1, -0.05) is 54.7 Å². The predicted octanol–water partition coefficient (Wildman–Crippen LogP) is 5.24. The Bertz CT molecular complexity index is 1480. The van der Waals surface area contributed by atoms with Crippen LogP contribution in [0.3, 0.4) is 0 Å². The molecule has 194 valence electrons. The van der Waals surface area contributed by atoms with Gasteiger partial charge in [0.25, 0.3) is 0 Å². The van der Waals surface area contributed by atoms with Gasteiger partial charge >= 0.3 is 0 Å². The van der Waals surface area contributed by atoms with Crippen LogP contribution in [0.2, 0.25) is 10.0 Å². The van der Waals surface area contributed by atoms with Gasteiger partial charge in [0.15, 0.2) is 0 Å². The summed E-state index contributed by atoms with van der Waals surface area (Å²) < 4.78 is 0. The van der Waals surface area contributed by atoms with Crippen LogP contribution in [-0.2, 0) is 5.44 Å². The molecule has 6 rings (SSSR count). The summed E-state index contributed by atoms with van der Waals surface area (Å²) in [5.74, 6) is 0. The van der Waals surface area contributed by atoms with E-state index in [9.17, 15) is 5.26 Å². The van der Waals surface area contributed by atoms with Crippen LogP contribution < -0.4 is 21.6 Å². The minimum absolute atomic E-state index is 0.242. The van der Waals surface area contributed by atoms with E-state index in [2.05, 4.69) is 58.6 Å². The van der Waals surface area contributed by atoms with Crippen molar-refractivity contribution in [1.82, 2.24) is 21.0 Å². The third-order valence-corrected chi connectivity index (χ3v) is 8.79. The fraction of sp³-hybridized carbons (Fsp3) is 0.357. The van der Waals surface area contributed by atoms with Crippen molar-refractivity contribution in [3.63, 3.8) is 0 Å². The van der Waals surface area contributed by atoms with Crippen LogP contribution >= 0.6 is 23.2 Å². The van der Waals surface area contributed by atoms with Gasteiger partial charge in [-0.2, -0.15) is 5.26 Å².